The molecule has 6 heteroatoms. The Morgan fingerprint density at radius 3 is 2.68 bits per heavy atom. The molecule has 0 aliphatic rings. The predicted octanol–water partition coefficient (Wildman–Crippen LogP) is 5.00. The van der Waals surface area contributed by atoms with Crippen molar-refractivity contribution in [2.75, 3.05) is 11.9 Å². The molecule has 4 nitrogen and oxygen atoms in total. The quantitative estimate of drug-likeness (QED) is 0.645. The molecule has 0 aliphatic heterocycles. The van der Waals surface area contributed by atoms with Crippen molar-refractivity contribution in [1.82, 2.24) is 5.32 Å². The van der Waals surface area contributed by atoms with Gasteiger partial charge in [0.25, 0.3) is 5.91 Å². The van der Waals surface area contributed by atoms with Crippen molar-refractivity contribution in [1.29, 1.82) is 0 Å². The van der Waals surface area contributed by atoms with E-state index < -0.39 is 0 Å². The molecule has 0 atom stereocenters. The molecule has 0 aliphatic carbocycles. The molecule has 0 saturated heterocycles. The highest BCUT2D eigenvalue weighted by Gasteiger charge is 2.08. The van der Waals surface area contributed by atoms with E-state index in [1.807, 2.05) is 30.3 Å². The van der Waals surface area contributed by atoms with Gasteiger partial charge in [0, 0.05) is 21.8 Å². The maximum atomic E-state index is 12.2. The van der Waals surface area contributed by atoms with Crippen LogP contribution >= 0.6 is 28.1 Å². The molecule has 25 heavy (non-hydrogen) atoms. The second-order valence-electron chi connectivity index (χ2n) is 5.98. The van der Waals surface area contributed by atoms with Crippen molar-refractivity contribution in [3.8, 4) is 5.75 Å². The molecule has 2 aromatic rings. The van der Waals surface area contributed by atoms with Crippen LogP contribution in [-0.2, 0) is 0 Å². The van der Waals surface area contributed by atoms with Crippen molar-refractivity contribution in [3.05, 3.63) is 58.6 Å². The van der Waals surface area contributed by atoms with Crippen molar-refractivity contribution < 1.29 is 9.53 Å². The van der Waals surface area contributed by atoms with Gasteiger partial charge in [-0.1, -0.05) is 41.9 Å². The molecular weight excluding hydrogens is 400 g/mol. The lowest BCUT2D eigenvalue weighted by Gasteiger charge is -2.12. The summed E-state index contributed by atoms with van der Waals surface area (Å²) in [6.45, 7) is 4.99. The van der Waals surface area contributed by atoms with Gasteiger partial charge in [-0.05, 0) is 54.9 Å². The summed E-state index contributed by atoms with van der Waals surface area (Å²) in [6, 6.07) is 14.6. The van der Waals surface area contributed by atoms with Crippen LogP contribution < -0.4 is 15.4 Å². The molecule has 0 spiro atoms. The molecule has 0 aromatic heterocycles. The molecule has 2 rings (SSSR count). The summed E-state index contributed by atoms with van der Waals surface area (Å²) in [5.41, 5.74) is 1.30. The van der Waals surface area contributed by atoms with Crippen LogP contribution in [0.5, 0.6) is 5.75 Å². The van der Waals surface area contributed by atoms with Crippen molar-refractivity contribution in [3.63, 3.8) is 0 Å². The highest BCUT2D eigenvalue weighted by Crippen LogP contribution is 2.18. The maximum Gasteiger partial charge on any atom is 0.257 e. The first-order valence-corrected chi connectivity index (χ1v) is 9.25. The fourth-order valence-electron chi connectivity index (χ4n) is 2.04. The maximum absolute atomic E-state index is 12.2. The average Bonchev–Trinajstić information content (AvgIpc) is 2.54. The standard InChI is InChI=1S/C19H21BrN2O2S/c1-13(2)9-10-24-17-8-4-7-16(12-17)21-19(25)22-18(23)14-5-3-6-15(20)11-14/h3-8,11-13H,9-10H2,1-2H3,(H2,21,22,23,25). The van der Waals surface area contributed by atoms with E-state index in [0.29, 0.717) is 18.1 Å². The third-order valence-electron chi connectivity index (χ3n) is 3.37. The van der Waals surface area contributed by atoms with Crippen LogP contribution in [0.4, 0.5) is 5.69 Å². The highest BCUT2D eigenvalue weighted by molar-refractivity contribution is 9.10. The number of carbonyl (C=O) groups excluding carboxylic acids is 1. The summed E-state index contributed by atoms with van der Waals surface area (Å²) >= 11 is 8.56. The zero-order valence-electron chi connectivity index (χ0n) is 14.2. The summed E-state index contributed by atoms with van der Waals surface area (Å²) < 4.78 is 6.57. The van der Waals surface area contributed by atoms with Gasteiger partial charge in [0.05, 0.1) is 6.61 Å². The van der Waals surface area contributed by atoms with Gasteiger partial charge in [-0.15, -0.1) is 0 Å². The monoisotopic (exact) mass is 420 g/mol. The second-order valence-corrected chi connectivity index (χ2v) is 7.30. The number of amides is 1. The van der Waals surface area contributed by atoms with Crippen LogP contribution in [0.15, 0.2) is 53.0 Å². The van der Waals surface area contributed by atoms with Crippen molar-refractivity contribution >= 4 is 44.9 Å². The van der Waals surface area contributed by atoms with Gasteiger partial charge in [0.1, 0.15) is 5.75 Å². The Bertz CT molecular complexity index is 750. The number of benzene rings is 2. The van der Waals surface area contributed by atoms with E-state index in [9.17, 15) is 4.79 Å². The molecule has 1 amide bonds. The Labute approximate surface area is 162 Å². The van der Waals surface area contributed by atoms with Gasteiger partial charge in [0.15, 0.2) is 5.11 Å². The second kappa shape index (κ2) is 9.53. The Kier molecular flexibility index (Phi) is 7.40. The Morgan fingerprint density at radius 2 is 1.96 bits per heavy atom. The minimum Gasteiger partial charge on any atom is -0.494 e. The number of ether oxygens (including phenoxy) is 1. The van der Waals surface area contributed by atoms with E-state index in [-0.39, 0.29) is 11.0 Å². The van der Waals surface area contributed by atoms with Crippen LogP contribution in [0.25, 0.3) is 0 Å². The lowest BCUT2D eigenvalue weighted by Crippen LogP contribution is -2.34. The summed E-state index contributed by atoms with van der Waals surface area (Å²) in [6.07, 6.45) is 0.999. The topological polar surface area (TPSA) is 50.4 Å². The smallest absolute Gasteiger partial charge is 0.257 e. The Hall–Kier alpha value is -1.92. The molecule has 0 fully saturated rings. The largest absolute Gasteiger partial charge is 0.494 e. The third kappa shape index (κ3) is 6.84. The van der Waals surface area contributed by atoms with Crippen LogP contribution in [0, 0.1) is 5.92 Å². The van der Waals surface area contributed by atoms with Crippen molar-refractivity contribution in [2.45, 2.75) is 20.3 Å². The molecule has 0 bridgehead atoms. The zero-order valence-corrected chi connectivity index (χ0v) is 16.6. The minimum atomic E-state index is -0.261. The normalized spacial score (nSPS) is 10.4. The SMILES string of the molecule is CC(C)CCOc1cccc(NC(=S)NC(=O)c2cccc(Br)c2)c1. The van der Waals surface area contributed by atoms with Gasteiger partial charge >= 0.3 is 0 Å². The van der Waals surface area contributed by atoms with E-state index >= 15 is 0 Å². The van der Waals surface area contributed by atoms with E-state index in [0.717, 1.165) is 22.3 Å². The first kappa shape index (κ1) is 19.4. The number of halogens is 1. The number of rotatable bonds is 6. The summed E-state index contributed by atoms with van der Waals surface area (Å²) in [5, 5.41) is 5.91. The lowest BCUT2D eigenvalue weighted by molar-refractivity contribution is 0.0977. The predicted molar refractivity (Wildman–Crippen MR) is 109 cm³/mol. The third-order valence-corrected chi connectivity index (χ3v) is 4.07. The van der Waals surface area contributed by atoms with Gasteiger partial charge in [-0.2, -0.15) is 0 Å². The van der Waals surface area contributed by atoms with Crippen LogP contribution in [0.2, 0.25) is 0 Å². The van der Waals surface area contributed by atoms with Crippen LogP contribution in [-0.4, -0.2) is 17.6 Å². The van der Waals surface area contributed by atoms with Crippen molar-refractivity contribution in [2.24, 2.45) is 5.92 Å². The van der Waals surface area contributed by atoms with Gasteiger partial charge in [-0.25, -0.2) is 0 Å². The molecular formula is C19H21BrN2O2S. The van der Waals surface area contributed by atoms with Crippen LogP contribution in [0.1, 0.15) is 30.6 Å². The van der Waals surface area contributed by atoms with E-state index in [4.69, 9.17) is 17.0 Å². The fourth-order valence-corrected chi connectivity index (χ4v) is 2.65. The number of hydrogen-bond donors (Lipinski definition) is 2. The number of thiocarbonyl (C=S) groups is 1. The van der Waals surface area contributed by atoms with E-state index in [1.165, 1.54) is 0 Å². The molecule has 2 aromatic carbocycles. The molecule has 0 heterocycles. The van der Waals surface area contributed by atoms with E-state index in [2.05, 4.69) is 40.4 Å². The number of anilines is 1. The molecule has 0 saturated carbocycles. The van der Waals surface area contributed by atoms with E-state index in [1.54, 1.807) is 18.2 Å². The first-order valence-electron chi connectivity index (χ1n) is 8.05. The molecule has 0 unspecified atom stereocenters. The van der Waals surface area contributed by atoms with Gasteiger partial charge < -0.3 is 10.1 Å². The van der Waals surface area contributed by atoms with Crippen LogP contribution in [0.3, 0.4) is 0 Å². The Balaban J connectivity index is 1.90. The van der Waals surface area contributed by atoms with Gasteiger partial charge in [0.2, 0.25) is 0 Å². The fraction of sp³-hybridized carbons (Fsp3) is 0.263. The minimum absolute atomic E-state index is 0.240. The number of hydrogen-bond acceptors (Lipinski definition) is 3. The summed E-state index contributed by atoms with van der Waals surface area (Å²) in [7, 11) is 0. The highest BCUT2D eigenvalue weighted by atomic mass is 79.9. The zero-order chi connectivity index (χ0) is 18.2. The molecule has 132 valence electrons. The molecule has 2 N–H and O–H groups in total. The first-order chi connectivity index (χ1) is 11.9. The summed E-state index contributed by atoms with van der Waals surface area (Å²) in [5.74, 6) is 1.11. The summed E-state index contributed by atoms with van der Waals surface area (Å²) in [4.78, 5) is 12.2. The average molecular weight is 421 g/mol. The number of nitrogens with one attached hydrogen (secondary N) is 2. The lowest BCUT2D eigenvalue weighted by atomic mass is 10.1. The van der Waals surface area contributed by atoms with Gasteiger partial charge in [-0.3, -0.25) is 10.1 Å². The molecule has 0 radical (unpaired) electrons. The Morgan fingerprint density at radius 1 is 1.20 bits per heavy atom. The number of carbonyl (C=O) groups is 1.